The van der Waals surface area contributed by atoms with Crippen LogP contribution in [0, 0.1) is 6.17 Å². The van der Waals surface area contributed by atoms with Gasteiger partial charge in [-0.3, -0.25) is 4.79 Å². The van der Waals surface area contributed by atoms with Crippen LogP contribution in [0.1, 0.15) is 90.4 Å². The molecule has 21 heavy (non-hydrogen) atoms. The van der Waals surface area contributed by atoms with Gasteiger partial charge in [-0.05, 0) is 6.42 Å². The zero-order valence-electron chi connectivity index (χ0n) is 13.6. The number of aliphatic imine (C=N–C) groups is 2. The normalized spacial score (nSPS) is 13.3. The van der Waals surface area contributed by atoms with Crippen LogP contribution < -0.4 is 0 Å². The van der Waals surface area contributed by atoms with E-state index in [1.807, 2.05) is 0 Å². The highest BCUT2D eigenvalue weighted by Crippen LogP contribution is 2.16. The molecule has 0 radical (unpaired) electrons. The lowest BCUT2D eigenvalue weighted by Gasteiger charge is -2.02. The van der Waals surface area contributed by atoms with Gasteiger partial charge in [0.1, 0.15) is 6.42 Å². The highest BCUT2D eigenvalue weighted by Gasteiger charge is 2.19. The molecule has 0 bridgehead atoms. The Balaban J connectivity index is 1.79. The van der Waals surface area contributed by atoms with Gasteiger partial charge in [0.2, 0.25) is 6.17 Å². The third-order valence-corrected chi connectivity index (χ3v) is 3.93. The summed E-state index contributed by atoms with van der Waals surface area (Å²) in [6, 6.07) is 0. The van der Waals surface area contributed by atoms with Crippen molar-refractivity contribution in [2.45, 2.75) is 90.4 Å². The summed E-state index contributed by atoms with van der Waals surface area (Å²) in [6.45, 7) is 2.26. The van der Waals surface area contributed by atoms with Gasteiger partial charge in [0.15, 0.2) is 18.2 Å². The van der Waals surface area contributed by atoms with Gasteiger partial charge in [0.05, 0.1) is 0 Å². The maximum atomic E-state index is 11.7. The molecule has 0 saturated heterocycles. The summed E-state index contributed by atoms with van der Waals surface area (Å²) in [5.74, 6) is 0.275. The van der Waals surface area contributed by atoms with Gasteiger partial charge in [0.25, 0.3) is 0 Å². The second-order valence-electron chi connectivity index (χ2n) is 5.97. The van der Waals surface area contributed by atoms with Crippen LogP contribution in [0.2, 0.25) is 0 Å². The minimum absolute atomic E-state index is 0.275. The van der Waals surface area contributed by atoms with Crippen LogP contribution in [0.25, 0.3) is 0 Å². The van der Waals surface area contributed by atoms with Gasteiger partial charge in [-0.15, -0.1) is 0 Å². The van der Waals surface area contributed by atoms with E-state index in [9.17, 15) is 4.79 Å². The summed E-state index contributed by atoms with van der Waals surface area (Å²) < 4.78 is 0. The van der Waals surface area contributed by atoms with Gasteiger partial charge in [-0.25, -0.2) is 0 Å². The van der Waals surface area contributed by atoms with Crippen molar-refractivity contribution >= 4 is 18.2 Å². The molecule has 0 atom stereocenters. The van der Waals surface area contributed by atoms with E-state index in [2.05, 4.69) is 16.9 Å². The van der Waals surface area contributed by atoms with Gasteiger partial charge < -0.3 is 0 Å². The van der Waals surface area contributed by atoms with Crippen molar-refractivity contribution in [3.05, 3.63) is 6.17 Å². The molecular weight excluding hydrogens is 260 g/mol. The van der Waals surface area contributed by atoms with Crippen LogP contribution in [-0.4, -0.2) is 18.2 Å². The molecule has 0 N–H and O–H groups in total. The smallest absolute Gasteiger partial charge is 0.248 e. The van der Waals surface area contributed by atoms with Crippen molar-refractivity contribution in [1.29, 1.82) is 0 Å². The number of rotatable bonds is 14. The Kier molecular flexibility index (Phi) is 10.8. The van der Waals surface area contributed by atoms with E-state index >= 15 is 0 Å². The number of unbranched alkanes of at least 4 members (excludes halogenated alkanes) is 10. The molecule has 1 heterocycles. The maximum Gasteiger partial charge on any atom is 0.248 e. The summed E-state index contributed by atoms with van der Waals surface area (Å²) in [7, 11) is 0. The first-order valence-corrected chi connectivity index (χ1v) is 8.77. The number of Topliss-reactive ketones (excluding diaryl/α,β-unsaturated/α-hetero) is 1. The quantitative estimate of drug-likeness (QED) is 0.316. The molecule has 3 nitrogen and oxygen atoms in total. The summed E-state index contributed by atoms with van der Waals surface area (Å²) in [5.41, 5.74) is 0. The van der Waals surface area contributed by atoms with Crippen LogP contribution >= 0.6 is 0 Å². The van der Waals surface area contributed by atoms with Crippen LogP contribution in [0.5, 0.6) is 0 Å². The third-order valence-electron chi connectivity index (χ3n) is 3.93. The summed E-state index contributed by atoms with van der Waals surface area (Å²) in [5, 5.41) is 0. The fourth-order valence-corrected chi connectivity index (χ4v) is 2.61. The molecule has 0 saturated carbocycles. The van der Waals surface area contributed by atoms with Crippen molar-refractivity contribution in [2.75, 3.05) is 0 Å². The molecule has 1 aliphatic heterocycles. The van der Waals surface area contributed by atoms with Crippen molar-refractivity contribution < 1.29 is 4.79 Å². The molecule has 0 spiro atoms. The zero-order valence-corrected chi connectivity index (χ0v) is 13.6. The Morgan fingerprint density at radius 2 is 1.29 bits per heavy atom. The average Bonchev–Trinajstić information content (AvgIpc) is 2.97. The molecule has 0 amide bonds. The second-order valence-corrected chi connectivity index (χ2v) is 5.97. The fraction of sp³-hybridized carbons (Fsp3) is 0.778. The Hall–Kier alpha value is -1.12. The van der Waals surface area contributed by atoms with Gasteiger partial charge in [0, 0.05) is 6.42 Å². The molecular formula is C18H31N2O+. The molecule has 118 valence electrons. The predicted octanol–water partition coefficient (Wildman–Crippen LogP) is 5.29. The van der Waals surface area contributed by atoms with Crippen LogP contribution in [0.15, 0.2) is 9.98 Å². The molecule has 0 aromatic heterocycles. The molecule has 1 rings (SSSR count). The first kappa shape index (κ1) is 17.9. The highest BCUT2D eigenvalue weighted by atomic mass is 16.1. The first-order chi connectivity index (χ1) is 10.3. The monoisotopic (exact) mass is 291 g/mol. The summed E-state index contributed by atoms with van der Waals surface area (Å²) in [6.07, 6.45) is 19.5. The number of hydrogen-bond acceptors (Lipinski definition) is 3. The van der Waals surface area contributed by atoms with Crippen LogP contribution in [-0.2, 0) is 4.79 Å². The Morgan fingerprint density at radius 3 is 1.81 bits per heavy atom. The van der Waals surface area contributed by atoms with Crippen LogP contribution in [0.3, 0.4) is 0 Å². The summed E-state index contributed by atoms with van der Waals surface area (Å²) >= 11 is 0. The maximum absolute atomic E-state index is 11.7. The minimum atomic E-state index is 0.275. The number of hydrogen-bond donors (Lipinski definition) is 0. The number of carbonyl (C=O) groups is 1. The number of ketones is 1. The van der Waals surface area contributed by atoms with Crippen LogP contribution in [0.4, 0.5) is 0 Å². The predicted molar refractivity (Wildman–Crippen MR) is 90.9 cm³/mol. The van der Waals surface area contributed by atoms with E-state index in [1.54, 1.807) is 12.4 Å². The lowest BCUT2D eigenvalue weighted by atomic mass is 10.0. The molecule has 3 heteroatoms. The van der Waals surface area contributed by atoms with E-state index in [1.165, 1.54) is 64.2 Å². The molecule has 0 unspecified atom stereocenters. The first-order valence-electron chi connectivity index (χ1n) is 8.77. The SMILES string of the molecule is CCCCCCCCCCCCCC(=O)C[C+]1N=CC=N1. The Labute approximate surface area is 130 Å². The van der Waals surface area contributed by atoms with Gasteiger partial charge in [-0.2, -0.15) is 0 Å². The molecule has 0 aromatic carbocycles. The zero-order chi connectivity index (χ0) is 15.2. The molecule has 0 fully saturated rings. The van der Waals surface area contributed by atoms with E-state index in [-0.39, 0.29) is 5.78 Å². The highest BCUT2D eigenvalue weighted by molar-refractivity contribution is 6.18. The lowest BCUT2D eigenvalue weighted by molar-refractivity contribution is -0.118. The van der Waals surface area contributed by atoms with Gasteiger partial charge >= 0.3 is 0 Å². The van der Waals surface area contributed by atoms with Crippen molar-refractivity contribution in [2.24, 2.45) is 9.98 Å². The van der Waals surface area contributed by atoms with E-state index < -0.39 is 0 Å². The average molecular weight is 291 g/mol. The topological polar surface area (TPSA) is 41.8 Å². The standard InChI is InChI=1S/C18H31N2O/c1-2-3-4-5-6-7-8-9-10-11-12-13-17(21)16-18-19-14-15-20-18/h14-15H,2-13,16H2,1H3/q+1. The second kappa shape index (κ2) is 12.6. The largest absolute Gasteiger partial charge is 0.298 e. The summed E-state index contributed by atoms with van der Waals surface area (Å²) in [4.78, 5) is 19.7. The molecule has 0 aliphatic carbocycles. The van der Waals surface area contributed by atoms with Gasteiger partial charge in [-0.1, -0.05) is 81.1 Å². The Morgan fingerprint density at radius 1 is 0.810 bits per heavy atom. The Bertz CT molecular complexity index is 311. The van der Waals surface area contributed by atoms with E-state index in [4.69, 9.17) is 0 Å². The van der Waals surface area contributed by atoms with E-state index in [0.717, 1.165) is 6.42 Å². The minimum Gasteiger partial charge on any atom is -0.298 e. The lowest BCUT2D eigenvalue weighted by Crippen LogP contribution is -2.01. The van der Waals surface area contributed by atoms with Crippen molar-refractivity contribution in [3.63, 3.8) is 0 Å². The number of nitrogens with zero attached hydrogens (tertiary/aromatic N) is 2. The number of carbonyl (C=O) groups excluding carboxylic acids is 1. The fourth-order valence-electron chi connectivity index (χ4n) is 2.61. The van der Waals surface area contributed by atoms with Crippen molar-refractivity contribution in [3.8, 4) is 0 Å². The molecule has 0 aromatic rings. The van der Waals surface area contributed by atoms with Crippen molar-refractivity contribution in [1.82, 2.24) is 0 Å². The van der Waals surface area contributed by atoms with E-state index in [0.29, 0.717) is 19.0 Å². The molecule has 1 aliphatic rings. The third kappa shape index (κ3) is 10.3.